The van der Waals surface area contributed by atoms with E-state index in [0.29, 0.717) is 16.7 Å². The minimum Gasteiger partial charge on any atom is -0.365 e. The Morgan fingerprint density at radius 3 is 2.61 bits per heavy atom. The first-order valence-electron chi connectivity index (χ1n) is 9.47. The summed E-state index contributed by atoms with van der Waals surface area (Å²) in [6, 6.07) is 0.930. The van der Waals surface area contributed by atoms with E-state index in [0.717, 1.165) is 6.21 Å². The molecule has 166 valence electrons. The van der Waals surface area contributed by atoms with E-state index >= 15 is 0 Å². The monoisotopic (exact) mass is 436 g/mol. The number of pyridine rings is 1. The van der Waals surface area contributed by atoms with Crippen molar-refractivity contribution in [1.82, 2.24) is 9.88 Å². The number of primary amides is 1. The fraction of sp³-hybridized carbons (Fsp3) is 0.318. The molecule has 5 nitrogen and oxygen atoms in total. The largest absolute Gasteiger partial charge is 0.408 e. The second-order valence-corrected chi connectivity index (χ2v) is 7.12. The third-order valence-electron chi connectivity index (χ3n) is 4.78. The molecule has 1 aliphatic rings. The van der Waals surface area contributed by atoms with Crippen LogP contribution in [0.5, 0.6) is 0 Å². The lowest BCUT2D eigenvalue weighted by atomic mass is 9.92. The van der Waals surface area contributed by atoms with Crippen LogP contribution in [0.2, 0.25) is 0 Å². The molecule has 1 atom stereocenters. The van der Waals surface area contributed by atoms with Crippen molar-refractivity contribution < 1.29 is 22.4 Å². The number of amides is 1. The van der Waals surface area contributed by atoms with Crippen molar-refractivity contribution in [3.8, 4) is 0 Å². The van der Waals surface area contributed by atoms with Gasteiger partial charge < -0.3 is 5.73 Å². The van der Waals surface area contributed by atoms with Crippen molar-refractivity contribution in [3.63, 3.8) is 0 Å². The minimum absolute atomic E-state index is 0.00939. The normalized spacial score (nSPS) is 17.9. The van der Waals surface area contributed by atoms with Gasteiger partial charge in [0, 0.05) is 25.5 Å². The van der Waals surface area contributed by atoms with Crippen molar-refractivity contribution >= 4 is 12.1 Å². The molecule has 0 spiro atoms. The Balaban J connectivity index is 2.46. The molecular weight excluding hydrogens is 412 g/mol. The Hall–Kier alpha value is -3.07. The van der Waals surface area contributed by atoms with E-state index in [4.69, 9.17) is 5.73 Å². The highest BCUT2D eigenvalue weighted by atomic mass is 19.4. The van der Waals surface area contributed by atoms with Crippen LogP contribution in [-0.2, 0) is 4.79 Å². The topological polar surface area (TPSA) is 71.6 Å². The molecule has 0 aliphatic carbocycles. The van der Waals surface area contributed by atoms with E-state index in [1.54, 1.807) is 6.92 Å². The van der Waals surface area contributed by atoms with E-state index in [-0.39, 0.29) is 30.8 Å². The lowest BCUT2D eigenvalue weighted by Gasteiger charge is -2.37. The van der Waals surface area contributed by atoms with Gasteiger partial charge in [-0.1, -0.05) is 18.7 Å². The highest BCUT2D eigenvalue weighted by molar-refractivity contribution is 6.25. The van der Waals surface area contributed by atoms with E-state index in [9.17, 15) is 22.4 Å². The number of aliphatic imine (C=N–C) groups is 1. The molecule has 1 aliphatic heterocycles. The predicted octanol–water partition coefficient (Wildman–Crippen LogP) is 4.58. The number of hydrogen-bond acceptors (Lipinski definition) is 4. The SMILES string of the molecule is C=C(C1=C(N=CC(N)=O)CN(C(c2cccnc2)C(F)(F)F)CC1)/C(C)=C/C=C(\C)F. The van der Waals surface area contributed by atoms with Crippen LogP contribution in [0, 0.1) is 0 Å². The molecule has 31 heavy (non-hydrogen) atoms. The molecule has 0 aromatic carbocycles. The molecule has 2 heterocycles. The van der Waals surface area contributed by atoms with Crippen molar-refractivity contribution in [3.05, 3.63) is 77.1 Å². The zero-order chi connectivity index (χ0) is 23.2. The second kappa shape index (κ2) is 10.3. The molecular formula is C22H24F4N4O. The Kier molecular flexibility index (Phi) is 8.04. The first kappa shape index (κ1) is 24.2. The van der Waals surface area contributed by atoms with Crippen molar-refractivity contribution in [2.45, 2.75) is 32.5 Å². The number of rotatable bonds is 7. The Bertz CT molecular complexity index is 942. The van der Waals surface area contributed by atoms with Gasteiger partial charge >= 0.3 is 6.18 Å². The lowest BCUT2D eigenvalue weighted by Crippen LogP contribution is -2.42. The summed E-state index contributed by atoms with van der Waals surface area (Å²) in [4.78, 5) is 20.3. The van der Waals surface area contributed by atoms with Crippen LogP contribution in [0.3, 0.4) is 0 Å². The summed E-state index contributed by atoms with van der Waals surface area (Å²) in [7, 11) is 0. The highest BCUT2D eigenvalue weighted by Gasteiger charge is 2.45. The summed E-state index contributed by atoms with van der Waals surface area (Å²) in [5.41, 5.74) is 7.13. The number of carbonyl (C=O) groups is 1. The van der Waals surface area contributed by atoms with E-state index in [1.807, 2.05) is 0 Å². The predicted molar refractivity (Wildman–Crippen MR) is 112 cm³/mol. The van der Waals surface area contributed by atoms with Crippen LogP contribution in [0.25, 0.3) is 0 Å². The molecule has 9 heteroatoms. The van der Waals surface area contributed by atoms with Crippen LogP contribution in [0.15, 0.2) is 76.5 Å². The summed E-state index contributed by atoms with van der Waals surface area (Å²) in [5, 5.41) is 0. The molecule has 0 bridgehead atoms. The summed E-state index contributed by atoms with van der Waals surface area (Å²) < 4.78 is 54.8. The number of halogens is 4. The number of nitrogens with zero attached hydrogens (tertiary/aromatic N) is 3. The van der Waals surface area contributed by atoms with Gasteiger partial charge in [-0.2, -0.15) is 13.2 Å². The summed E-state index contributed by atoms with van der Waals surface area (Å²) in [5.74, 6) is -1.22. The van der Waals surface area contributed by atoms with Gasteiger partial charge in [-0.05, 0) is 54.7 Å². The fourth-order valence-electron chi connectivity index (χ4n) is 3.30. The molecule has 1 aromatic heterocycles. The maximum atomic E-state index is 13.9. The van der Waals surface area contributed by atoms with Crippen molar-refractivity contribution in [1.29, 1.82) is 0 Å². The number of allylic oxidation sites excluding steroid dienone is 5. The third-order valence-corrected chi connectivity index (χ3v) is 4.78. The van der Waals surface area contributed by atoms with Crippen LogP contribution < -0.4 is 5.73 Å². The Morgan fingerprint density at radius 2 is 2.06 bits per heavy atom. The zero-order valence-corrected chi connectivity index (χ0v) is 17.3. The average molecular weight is 436 g/mol. The average Bonchev–Trinajstić information content (AvgIpc) is 2.70. The smallest absolute Gasteiger partial charge is 0.365 e. The number of nitrogens with two attached hydrogens (primary N) is 1. The van der Waals surface area contributed by atoms with Crippen LogP contribution in [0.1, 0.15) is 31.9 Å². The highest BCUT2D eigenvalue weighted by Crippen LogP contribution is 2.40. The Morgan fingerprint density at radius 1 is 1.35 bits per heavy atom. The summed E-state index contributed by atoms with van der Waals surface area (Å²) >= 11 is 0. The molecule has 2 N–H and O–H groups in total. The zero-order valence-electron chi connectivity index (χ0n) is 17.3. The Labute approximate surface area is 178 Å². The molecule has 0 radical (unpaired) electrons. The third kappa shape index (κ3) is 6.71. The molecule has 0 saturated carbocycles. The first-order valence-corrected chi connectivity index (χ1v) is 9.47. The summed E-state index contributed by atoms with van der Waals surface area (Å²) in [6.45, 7) is 6.90. The van der Waals surface area contributed by atoms with Gasteiger partial charge in [0.2, 0.25) is 0 Å². The van der Waals surface area contributed by atoms with Crippen molar-refractivity contribution in [2.24, 2.45) is 10.7 Å². The molecule has 0 saturated heterocycles. The molecule has 0 fully saturated rings. The fourth-order valence-corrected chi connectivity index (χ4v) is 3.30. The first-order chi connectivity index (χ1) is 14.5. The van der Waals surface area contributed by atoms with Gasteiger partial charge in [-0.3, -0.25) is 19.7 Å². The van der Waals surface area contributed by atoms with Gasteiger partial charge in [-0.25, -0.2) is 4.39 Å². The van der Waals surface area contributed by atoms with Crippen LogP contribution in [-0.4, -0.2) is 41.3 Å². The van der Waals surface area contributed by atoms with E-state index < -0.39 is 24.0 Å². The molecule has 1 aromatic rings. The number of carbonyl (C=O) groups excluding carboxylic acids is 1. The van der Waals surface area contributed by atoms with E-state index in [1.165, 1.54) is 48.5 Å². The number of alkyl halides is 3. The quantitative estimate of drug-likeness (QED) is 0.387. The summed E-state index contributed by atoms with van der Waals surface area (Å²) in [6.07, 6.45) is 1.91. The standard InChI is InChI=1S/C22H24F4N4O/c1-14(6-7-15(2)23)16(3)18-8-10-30(13-19(18)29-12-20(27)31)21(22(24,25)26)17-5-4-9-28-11-17/h4-7,9,11-12,21H,3,8,10,13H2,1-2H3,(H2,27,31)/b14-6+,15-7+,29-12?. The van der Waals surface area contributed by atoms with Gasteiger partial charge in [-0.15, -0.1) is 0 Å². The lowest BCUT2D eigenvalue weighted by molar-refractivity contribution is -0.186. The van der Waals surface area contributed by atoms with Crippen LogP contribution >= 0.6 is 0 Å². The molecule has 1 amide bonds. The minimum atomic E-state index is -4.55. The maximum Gasteiger partial charge on any atom is 0.408 e. The van der Waals surface area contributed by atoms with Gasteiger partial charge in [0.05, 0.1) is 17.7 Å². The van der Waals surface area contributed by atoms with Crippen molar-refractivity contribution in [2.75, 3.05) is 13.1 Å². The van der Waals surface area contributed by atoms with Gasteiger partial charge in [0.25, 0.3) is 5.91 Å². The number of hydrogen-bond donors (Lipinski definition) is 1. The molecule has 1 unspecified atom stereocenters. The maximum absolute atomic E-state index is 13.9. The van der Waals surface area contributed by atoms with E-state index in [2.05, 4.69) is 16.6 Å². The van der Waals surface area contributed by atoms with Gasteiger partial charge in [0.15, 0.2) is 0 Å². The molecule has 2 rings (SSSR count). The van der Waals surface area contributed by atoms with Crippen LogP contribution in [0.4, 0.5) is 17.6 Å². The number of aromatic nitrogens is 1. The van der Waals surface area contributed by atoms with Gasteiger partial charge in [0.1, 0.15) is 6.04 Å². The second-order valence-electron chi connectivity index (χ2n) is 7.12.